The normalized spacial score (nSPS) is 13.3. The van der Waals surface area contributed by atoms with Crippen molar-refractivity contribution in [2.24, 2.45) is 0 Å². The van der Waals surface area contributed by atoms with Crippen molar-refractivity contribution in [3.05, 3.63) is 65.2 Å². The van der Waals surface area contributed by atoms with Gasteiger partial charge in [-0.1, -0.05) is 23.8 Å². The molecule has 0 aliphatic rings. The van der Waals surface area contributed by atoms with E-state index in [0.29, 0.717) is 12.1 Å². The van der Waals surface area contributed by atoms with Gasteiger partial charge < -0.3 is 15.4 Å². The number of rotatable bonds is 6. The Morgan fingerprint density at radius 3 is 2.03 bits per heavy atom. The van der Waals surface area contributed by atoms with Crippen LogP contribution in [-0.4, -0.2) is 30.3 Å². The zero-order valence-corrected chi connectivity index (χ0v) is 15.4. The second-order valence-corrected chi connectivity index (χ2v) is 6.01. The highest BCUT2D eigenvalue weighted by Crippen LogP contribution is 2.34. The number of hydrogen-bond acceptors (Lipinski definition) is 4. The predicted octanol–water partition coefficient (Wildman–Crippen LogP) is 3.94. The van der Waals surface area contributed by atoms with E-state index in [-0.39, 0.29) is 5.69 Å². The van der Waals surface area contributed by atoms with Crippen molar-refractivity contribution in [3.8, 4) is 0 Å². The first-order chi connectivity index (χ1) is 13.5. The van der Waals surface area contributed by atoms with Gasteiger partial charge in [0.25, 0.3) is 5.91 Å². The smallest absolute Gasteiger partial charge is 0.441 e. The summed E-state index contributed by atoms with van der Waals surface area (Å²) in [6.07, 6.45) is -5.43. The molecule has 0 bridgehead atoms. The lowest BCUT2D eigenvalue weighted by Crippen LogP contribution is -2.69. The Kier molecular flexibility index (Phi) is 6.45. The van der Waals surface area contributed by atoms with E-state index in [4.69, 9.17) is 0 Å². The van der Waals surface area contributed by atoms with E-state index < -0.39 is 47.5 Å². The molecule has 0 aliphatic heterocycles. The van der Waals surface area contributed by atoms with Gasteiger partial charge in [-0.3, -0.25) is 4.79 Å². The molecule has 2 aromatic rings. The fraction of sp³-hybridized carbons (Fsp3) is 0.263. The molecule has 0 fully saturated rings. The molecule has 0 aliphatic carbocycles. The lowest BCUT2D eigenvalue weighted by atomic mass is 10.1. The summed E-state index contributed by atoms with van der Waals surface area (Å²) in [6.45, 7) is 2.52. The Hall–Kier alpha value is -3.17. The third-order valence-electron chi connectivity index (χ3n) is 3.88. The summed E-state index contributed by atoms with van der Waals surface area (Å²) in [7, 11) is 0. The zero-order chi connectivity index (χ0) is 21.8. The Labute approximate surface area is 162 Å². The minimum absolute atomic E-state index is 0.185. The van der Waals surface area contributed by atoms with Gasteiger partial charge in [0, 0.05) is 5.69 Å². The third-order valence-corrected chi connectivity index (χ3v) is 3.88. The van der Waals surface area contributed by atoms with Gasteiger partial charge >= 0.3 is 17.8 Å². The molecule has 0 aromatic heterocycles. The molecule has 5 nitrogen and oxygen atoms in total. The Morgan fingerprint density at radius 1 is 1.00 bits per heavy atom. The van der Waals surface area contributed by atoms with E-state index in [0.717, 1.165) is 11.6 Å². The lowest BCUT2D eigenvalue weighted by molar-refractivity contribution is -0.204. The minimum atomic E-state index is -5.43. The standard InChI is InChI=1S/C19H17F5N2O3/c1-3-29-17(28)18(19(22,23)24,25-12-9-7-11(2)8-10-12)26-16(27)15-13(20)5-4-6-14(15)21/h4-10,25H,3H2,1-2H3,(H,26,27). The number of anilines is 1. The Morgan fingerprint density at radius 2 is 1.55 bits per heavy atom. The van der Waals surface area contributed by atoms with Crippen LogP contribution >= 0.6 is 0 Å². The van der Waals surface area contributed by atoms with Crippen LogP contribution in [0, 0.1) is 18.6 Å². The fourth-order valence-electron chi connectivity index (χ4n) is 2.43. The molecule has 0 heterocycles. The number of aryl methyl sites for hydroxylation is 1. The van der Waals surface area contributed by atoms with Gasteiger partial charge in [0.2, 0.25) is 0 Å². The number of halogens is 5. The molecule has 1 amide bonds. The summed E-state index contributed by atoms with van der Waals surface area (Å²) in [5, 5.41) is 3.29. The van der Waals surface area contributed by atoms with Crippen molar-refractivity contribution in [1.29, 1.82) is 0 Å². The van der Waals surface area contributed by atoms with Crippen LogP contribution < -0.4 is 10.6 Å². The molecule has 1 unspecified atom stereocenters. The SMILES string of the molecule is CCOC(=O)C(NC(=O)c1c(F)cccc1F)(Nc1ccc(C)cc1)C(F)(F)F. The van der Waals surface area contributed by atoms with Crippen molar-refractivity contribution in [2.75, 3.05) is 11.9 Å². The van der Waals surface area contributed by atoms with Crippen LogP contribution in [0.5, 0.6) is 0 Å². The van der Waals surface area contributed by atoms with Gasteiger partial charge in [-0.05, 0) is 38.1 Å². The van der Waals surface area contributed by atoms with E-state index >= 15 is 0 Å². The molecule has 10 heteroatoms. The lowest BCUT2D eigenvalue weighted by Gasteiger charge is -2.35. The van der Waals surface area contributed by atoms with Crippen LogP contribution in [0.4, 0.5) is 27.6 Å². The van der Waals surface area contributed by atoms with Crippen LogP contribution in [0.15, 0.2) is 42.5 Å². The molecule has 2 rings (SSSR count). The molecular formula is C19H17F5N2O3. The number of benzene rings is 2. The number of ether oxygens (including phenoxy) is 1. The molecule has 156 valence electrons. The van der Waals surface area contributed by atoms with Crippen molar-refractivity contribution in [2.45, 2.75) is 25.7 Å². The van der Waals surface area contributed by atoms with Gasteiger partial charge in [-0.2, -0.15) is 13.2 Å². The van der Waals surface area contributed by atoms with Crippen LogP contribution in [0.1, 0.15) is 22.8 Å². The maximum atomic E-state index is 14.0. The average molecular weight is 416 g/mol. The Bertz CT molecular complexity index is 879. The maximum Gasteiger partial charge on any atom is 0.441 e. The number of nitrogens with one attached hydrogen (secondary N) is 2. The summed E-state index contributed by atoms with van der Waals surface area (Å²) >= 11 is 0. The highest BCUT2D eigenvalue weighted by atomic mass is 19.4. The quantitative estimate of drug-likeness (QED) is 0.425. The van der Waals surface area contributed by atoms with Gasteiger partial charge in [0.05, 0.1) is 6.61 Å². The van der Waals surface area contributed by atoms with E-state index in [1.807, 2.05) is 5.32 Å². The second kappa shape index (κ2) is 8.46. The maximum absolute atomic E-state index is 14.0. The minimum Gasteiger partial charge on any atom is -0.463 e. The van der Waals surface area contributed by atoms with Crippen molar-refractivity contribution < 1.29 is 36.3 Å². The molecule has 0 spiro atoms. The summed E-state index contributed by atoms with van der Waals surface area (Å²) < 4.78 is 74.3. The fourth-order valence-corrected chi connectivity index (χ4v) is 2.43. The molecule has 2 N–H and O–H groups in total. The first-order valence-electron chi connectivity index (χ1n) is 8.37. The van der Waals surface area contributed by atoms with Gasteiger partial charge in [-0.15, -0.1) is 0 Å². The summed E-state index contributed by atoms with van der Waals surface area (Å²) in [6, 6.07) is 7.75. The molecule has 1 atom stereocenters. The molecule has 29 heavy (non-hydrogen) atoms. The van der Waals surface area contributed by atoms with Gasteiger partial charge in [-0.25, -0.2) is 13.6 Å². The van der Waals surface area contributed by atoms with Crippen molar-refractivity contribution in [3.63, 3.8) is 0 Å². The molecule has 2 aromatic carbocycles. The molecule has 0 radical (unpaired) electrons. The summed E-state index contributed by atoms with van der Waals surface area (Å²) in [5.41, 5.74) is -4.52. The summed E-state index contributed by atoms with van der Waals surface area (Å²) in [5.74, 6) is -6.46. The first kappa shape index (κ1) is 22.1. The highest BCUT2D eigenvalue weighted by molar-refractivity contribution is 5.99. The van der Waals surface area contributed by atoms with Gasteiger partial charge in [0.15, 0.2) is 0 Å². The zero-order valence-electron chi connectivity index (χ0n) is 15.4. The van der Waals surface area contributed by atoms with Crippen LogP contribution in [-0.2, 0) is 9.53 Å². The van der Waals surface area contributed by atoms with Crippen LogP contribution in [0.3, 0.4) is 0 Å². The van der Waals surface area contributed by atoms with Crippen molar-refractivity contribution in [1.82, 2.24) is 5.32 Å². The number of carbonyl (C=O) groups excluding carboxylic acids is 2. The second-order valence-electron chi connectivity index (χ2n) is 6.01. The topological polar surface area (TPSA) is 67.4 Å². The van der Waals surface area contributed by atoms with Gasteiger partial charge in [0.1, 0.15) is 17.2 Å². The molecular weight excluding hydrogens is 399 g/mol. The third kappa shape index (κ3) is 4.64. The van der Waals surface area contributed by atoms with E-state index in [1.54, 1.807) is 6.92 Å². The number of amides is 1. The Balaban J connectivity index is 2.56. The van der Waals surface area contributed by atoms with E-state index in [2.05, 4.69) is 4.74 Å². The molecule has 0 saturated carbocycles. The van der Waals surface area contributed by atoms with E-state index in [9.17, 15) is 31.5 Å². The monoisotopic (exact) mass is 416 g/mol. The van der Waals surface area contributed by atoms with E-state index in [1.165, 1.54) is 36.5 Å². The first-order valence-corrected chi connectivity index (χ1v) is 8.37. The number of carbonyl (C=O) groups is 2. The number of esters is 1. The van der Waals surface area contributed by atoms with Crippen LogP contribution in [0.25, 0.3) is 0 Å². The average Bonchev–Trinajstić information content (AvgIpc) is 2.62. The van der Waals surface area contributed by atoms with Crippen molar-refractivity contribution >= 4 is 17.6 Å². The largest absolute Gasteiger partial charge is 0.463 e. The molecule has 0 saturated heterocycles. The van der Waals surface area contributed by atoms with Crippen LogP contribution in [0.2, 0.25) is 0 Å². The number of alkyl halides is 3. The predicted molar refractivity (Wildman–Crippen MR) is 94.0 cm³/mol. The summed E-state index contributed by atoms with van der Waals surface area (Å²) in [4.78, 5) is 24.7. The number of hydrogen-bond donors (Lipinski definition) is 2. The highest BCUT2D eigenvalue weighted by Gasteiger charge is 2.63.